The van der Waals surface area contributed by atoms with Crippen LogP contribution in [0.4, 0.5) is 0 Å². The van der Waals surface area contributed by atoms with Crippen molar-refractivity contribution in [2.75, 3.05) is 0 Å². The van der Waals surface area contributed by atoms with Gasteiger partial charge in [-0.3, -0.25) is 4.79 Å². The zero-order valence-electron chi connectivity index (χ0n) is 19.6. The maximum absolute atomic E-state index is 11.5. The van der Waals surface area contributed by atoms with Crippen LogP contribution in [0.5, 0.6) is 5.75 Å². The number of aryl methyl sites for hydroxylation is 2. The van der Waals surface area contributed by atoms with Crippen LogP contribution in [0.3, 0.4) is 0 Å². The number of imidazole rings is 1. The van der Waals surface area contributed by atoms with E-state index in [9.17, 15) is 9.90 Å². The minimum absolute atomic E-state index is 0.0612. The summed E-state index contributed by atoms with van der Waals surface area (Å²) in [6, 6.07) is 6.20. The number of carboxylic acids is 1. The molecule has 2 aromatic rings. The molecule has 1 aromatic heterocycles. The minimum atomic E-state index is -0.881. The monoisotopic (exact) mass is 446 g/mol. The molecular formula is C27H30N2O4. The number of rotatable bonds is 7. The number of nitrogens with zero attached hydrogens (tertiary/aromatic N) is 2. The summed E-state index contributed by atoms with van der Waals surface area (Å²) in [5, 5.41) is 9.44. The van der Waals surface area contributed by atoms with Gasteiger partial charge in [0.2, 0.25) is 0 Å². The zero-order chi connectivity index (χ0) is 23.6. The van der Waals surface area contributed by atoms with Gasteiger partial charge in [0.25, 0.3) is 0 Å². The molecule has 6 nitrogen and oxygen atoms in total. The second kappa shape index (κ2) is 8.92. The number of aliphatic carboxylic acids is 1. The molecule has 1 aromatic carbocycles. The highest BCUT2D eigenvalue weighted by atomic mass is 16.5. The molecule has 6 heteroatoms. The molecule has 0 spiro atoms. The molecular weight excluding hydrogens is 416 g/mol. The first kappa shape index (κ1) is 22.9. The average Bonchev–Trinajstić information content (AvgIpc) is 3.08. The van der Waals surface area contributed by atoms with Crippen molar-refractivity contribution in [2.24, 2.45) is 7.05 Å². The van der Waals surface area contributed by atoms with E-state index in [-0.39, 0.29) is 17.9 Å². The van der Waals surface area contributed by atoms with Gasteiger partial charge in [0, 0.05) is 19.4 Å². The van der Waals surface area contributed by atoms with E-state index in [0.29, 0.717) is 12.4 Å². The lowest BCUT2D eigenvalue weighted by atomic mass is 9.93. The van der Waals surface area contributed by atoms with Gasteiger partial charge in [-0.2, -0.15) is 0 Å². The fourth-order valence-corrected chi connectivity index (χ4v) is 4.19. The van der Waals surface area contributed by atoms with Gasteiger partial charge in [-0.05, 0) is 74.6 Å². The second-order valence-corrected chi connectivity index (χ2v) is 9.49. The molecule has 4 rings (SSSR count). The summed E-state index contributed by atoms with van der Waals surface area (Å²) < 4.78 is 14.1. The number of fused-ring (bicyclic) bond motifs is 1. The molecule has 0 bridgehead atoms. The van der Waals surface area contributed by atoms with Crippen LogP contribution in [0, 0.1) is 11.8 Å². The lowest BCUT2D eigenvalue weighted by Crippen LogP contribution is -2.32. The molecule has 33 heavy (non-hydrogen) atoms. The number of hydrogen-bond donors (Lipinski definition) is 1. The number of aromatic nitrogens is 2. The molecule has 0 radical (unpaired) electrons. The average molecular weight is 447 g/mol. The molecule has 1 unspecified atom stereocenters. The van der Waals surface area contributed by atoms with Crippen molar-refractivity contribution >= 4 is 5.97 Å². The lowest BCUT2D eigenvalue weighted by molar-refractivity contribution is -0.137. The van der Waals surface area contributed by atoms with Crippen molar-refractivity contribution in [2.45, 2.75) is 63.8 Å². The summed E-state index contributed by atoms with van der Waals surface area (Å²) in [5.74, 6) is 6.60. The third kappa shape index (κ3) is 5.37. The Morgan fingerprint density at radius 2 is 2.18 bits per heavy atom. The number of hydrogen-bond acceptors (Lipinski definition) is 4. The number of allylic oxidation sites excluding steroid dienone is 3. The number of carbonyl (C=O) groups is 1. The molecule has 1 aliphatic heterocycles. The summed E-state index contributed by atoms with van der Waals surface area (Å²) in [6.07, 6.45) is 11.0. The highest BCUT2D eigenvalue weighted by molar-refractivity contribution is 5.69. The maximum atomic E-state index is 11.5. The van der Waals surface area contributed by atoms with Crippen molar-refractivity contribution in [3.8, 4) is 17.6 Å². The quantitative estimate of drug-likeness (QED) is 0.632. The zero-order valence-corrected chi connectivity index (χ0v) is 19.6. The van der Waals surface area contributed by atoms with E-state index in [2.05, 4.69) is 36.7 Å². The summed E-state index contributed by atoms with van der Waals surface area (Å²) in [4.78, 5) is 15.9. The molecule has 2 atom stereocenters. The van der Waals surface area contributed by atoms with Gasteiger partial charge in [-0.25, -0.2) is 4.98 Å². The summed E-state index contributed by atoms with van der Waals surface area (Å²) >= 11 is 0. The van der Waals surface area contributed by atoms with E-state index in [0.717, 1.165) is 29.7 Å². The largest absolute Gasteiger partial charge is 0.488 e. The first-order valence-corrected chi connectivity index (χ1v) is 11.2. The molecule has 0 fully saturated rings. The van der Waals surface area contributed by atoms with Crippen LogP contribution in [0.1, 0.15) is 56.5 Å². The van der Waals surface area contributed by atoms with E-state index >= 15 is 0 Å². The van der Waals surface area contributed by atoms with E-state index < -0.39 is 11.6 Å². The van der Waals surface area contributed by atoms with Gasteiger partial charge < -0.3 is 19.1 Å². The molecule has 2 heterocycles. The van der Waals surface area contributed by atoms with E-state index in [1.54, 1.807) is 12.3 Å². The molecule has 1 N–H and O–H groups in total. The highest BCUT2D eigenvalue weighted by Gasteiger charge is 2.28. The predicted molar refractivity (Wildman–Crippen MR) is 126 cm³/mol. The molecule has 172 valence electrons. The second-order valence-electron chi connectivity index (χ2n) is 9.49. The SMILES string of the molecule is Cn1ccnc1[C@@H](CC(=O)O)C1=CC#CC(C)(OCc2ccc3c(c2)CCC(C)(C)O3)C=C1. The van der Waals surface area contributed by atoms with E-state index in [1.165, 1.54) is 5.56 Å². The Morgan fingerprint density at radius 3 is 2.91 bits per heavy atom. The van der Waals surface area contributed by atoms with Gasteiger partial charge >= 0.3 is 5.97 Å². The summed E-state index contributed by atoms with van der Waals surface area (Å²) in [6.45, 7) is 6.56. The first-order valence-electron chi connectivity index (χ1n) is 11.2. The smallest absolute Gasteiger partial charge is 0.304 e. The van der Waals surface area contributed by atoms with Gasteiger partial charge in [-0.15, -0.1) is 0 Å². The van der Waals surface area contributed by atoms with Crippen molar-refractivity contribution < 1.29 is 19.4 Å². The van der Waals surface area contributed by atoms with Crippen LogP contribution in [0.2, 0.25) is 0 Å². The Hall–Kier alpha value is -3.30. The highest BCUT2D eigenvalue weighted by Crippen LogP contribution is 2.34. The summed E-state index contributed by atoms with van der Waals surface area (Å²) in [7, 11) is 1.86. The molecule has 0 amide bonds. The molecule has 0 saturated carbocycles. The van der Waals surface area contributed by atoms with Crippen LogP contribution >= 0.6 is 0 Å². The third-order valence-electron chi connectivity index (χ3n) is 6.15. The Labute approximate surface area is 194 Å². The van der Waals surface area contributed by atoms with Crippen LogP contribution in [0.25, 0.3) is 0 Å². The standard InChI is InChI=1S/C27H30N2O4/c1-26(2)12-9-21-16-19(7-8-23(21)33-26)18-32-27(3)11-5-6-20(10-13-27)22(17-24(30)31)25-28-14-15-29(25)4/h6-8,10,13-16,22H,9,12,17-18H2,1-4H3,(H,30,31)/t22-,27?/m0/s1. The van der Waals surface area contributed by atoms with Crippen LogP contribution in [-0.2, 0) is 29.6 Å². The van der Waals surface area contributed by atoms with E-state index in [4.69, 9.17) is 9.47 Å². The Bertz CT molecular complexity index is 1180. The normalized spacial score (nSPS) is 21.6. The Kier molecular flexibility index (Phi) is 6.18. The summed E-state index contributed by atoms with van der Waals surface area (Å²) in [5.41, 5.74) is 2.17. The van der Waals surface area contributed by atoms with E-state index in [1.807, 2.05) is 49.0 Å². The van der Waals surface area contributed by atoms with Crippen LogP contribution < -0.4 is 4.74 Å². The Balaban J connectivity index is 1.47. The van der Waals surface area contributed by atoms with Gasteiger partial charge in [-0.1, -0.05) is 24.0 Å². The molecule has 2 aliphatic rings. The molecule has 0 saturated heterocycles. The molecule has 1 aliphatic carbocycles. The third-order valence-corrected chi connectivity index (χ3v) is 6.15. The van der Waals surface area contributed by atoms with Gasteiger partial charge in [0.05, 0.1) is 18.9 Å². The number of carboxylic acid groups (broad SMARTS) is 1. The first-order chi connectivity index (χ1) is 15.6. The van der Waals surface area contributed by atoms with Crippen molar-refractivity contribution in [1.29, 1.82) is 0 Å². The fourth-order valence-electron chi connectivity index (χ4n) is 4.19. The van der Waals surface area contributed by atoms with Crippen molar-refractivity contribution in [1.82, 2.24) is 9.55 Å². The fraction of sp³-hybridized carbons (Fsp3) is 0.407. The number of benzene rings is 1. The van der Waals surface area contributed by atoms with Crippen LogP contribution in [-0.4, -0.2) is 31.8 Å². The minimum Gasteiger partial charge on any atom is -0.488 e. The van der Waals surface area contributed by atoms with Gasteiger partial charge in [0.1, 0.15) is 22.8 Å². The van der Waals surface area contributed by atoms with Crippen LogP contribution in [0.15, 0.2) is 54.4 Å². The van der Waals surface area contributed by atoms with Crippen molar-refractivity contribution in [3.05, 3.63) is 71.3 Å². The Morgan fingerprint density at radius 1 is 1.36 bits per heavy atom. The van der Waals surface area contributed by atoms with Gasteiger partial charge in [0.15, 0.2) is 0 Å². The number of ether oxygens (including phenoxy) is 2. The topological polar surface area (TPSA) is 73.6 Å². The van der Waals surface area contributed by atoms with Crippen molar-refractivity contribution in [3.63, 3.8) is 0 Å². The lowest BCUT2D eigenvalue weighted by Gasteiger charge is -2.32. The predicted octanol–water partition coefficient (Wildman–Crippen LogP) is 4.56. The maximum Gasteiger partial charge on any atom is 0.304 e.